The van der Waals surface area contributed by atoms with Crippen molar-refractivity contribution in [2.75, 3.05) is 25.1 Å². The second-order valence-electron chi connectivity index (χ2n) is 5.33. The molecule has 110 valence electrons. The zero-order valence-corrected chi connectivity index (χ0v) is 12.3. The van der Waals surface area contributed by atoms with Crippen molar-refractivity contribution in [2.45, 2.75) is 32.7 Å². The highest BCUT2D eigenvalue weighted by atomic mass is 16.1. The van der Waals surface area contributed by atoms with Crippen molar-refractivity contribution >= 4 is 11.6 Å². The van der Waals surface area contributed by atoms with Crippen molar-refractivity contribution in [3.63, 3.8) is 0 Å². The van der Waals surface area contributed by atoms with E-state index in [-0.39, 0.29) is 5.91 Å². The van der Waals surface area contributed by atoms with Crippen molar-refractivity contribution < 1.29 is 4.79 Å². The van der Waals surface area contributed by atoms with E-state index >= 15 is 0 Å². The number of anilines is 1. The molecule has 1 aromatic carbocycles. The third-order valence-electron chi connectivity index (χ3n) is 3.98. The summed E-state index contributed by atoms with van der Waals surface area (Å²) in [6.45, 7) is 7.01. The van der Waals surface area contributed by atoms with E-state index in [1.54, 1.807) is 0 Å². The van der Waals surface area contributed by atoms with Crippen LogP contribution in [0.4, 0.5) is 5.69 Å². The molecule has 4 N–H and O–H groups in total. The van der Waals surface area contributed by atoms with Crippen LogP contribution in [-0.4, -0.2) is 36.5 Å². The topological polar surface area (TPSA) is 70.4 Å². The highest BCUT2D eigenvalue weighted by Gasteiger charge is 2.23. The van der Waals surface area contributed by atoms with Crippen molar-refractivity contribution in [2.24, 2.45) is 5.84 Å². The van der Waals surface area contributed by atoms with Crippen molar-refractivity contribution in [3.05, 3.63) is 29.3 Å². The molecule has 1 aromatic rings. The number of hydrazine groups is 1. The summed E-state index contributed by atoms with van der Waals surface area (Å²) in [5, 5.41) is 3.03. The smallest absolute Gasteiger partial charge is 0.253 e. The first-order valence-corrected chi connectivity index (χ1v) is 7.25. The number of nitrogen functional groups attached to an aromatic ring is 1. The number of nitrogens with zero attached hydrogens (tertiary/aromatic N) is 1. The maximum Gasteiger partial charge on any atom is 0.253 e. The molecule has 0 bridgehead atoms. The molecule has 0 aromatic heterocycles. The molecule has 1 aliphatic rings. The molecule has 1 amide bonds. The summed E-state index contributed by atoms with van der Waals surface area (Å²) in [6.07, 6.45) is 2.37. The lowest BCUT2D eigenvalue weighted by Gasteiger charge is -2.23. The second-order valence-corrected chi connectivity index (χ2v) is 5.33. The maximum absolute atomic E-state index is 12.3. The fourth-order valence-corrected chi connectivity index (χ4v) is 2.82. The summed E-state index contributed by atoms with van der Waals surface area (Å²) in [5.74, 6) is 5.40. The fourth-order valence-electron chi connectivity index (χ4n) is 2.82. The summed E-state index contributed by atoms with van der Waals surface area (Å²) >= 11 is 0. The average molecular weight is 276 g/mol. The molecule has 20 heavy (non-hydrogen) atoms. The Hall–Kier alpha value is -1.59. The quantitative estimate of drug-likeness (QED) is 0.563. The Balaban J connectivity index is 2.00. The number of aryl methyl sites for hydroxylation is 1. The van der Waals surface area contributed by atoms with Gasteiger partial charge in [0.05, 0.1) is 11.3 Å². The highest BCUT2D eigenvalue weighted by molar-refractivity contribution is 5.99. The van der Waals surface area contributed by atoms with Crippen LogP contribution in [0.25, 0.3) is 0 Å². The largest absolute Gasteiger partial charge is 0.350 e. The van der Waals surface area contributed by atoms with Gasteiger partial charge in [0.15, 0.2) is 0 Å². The lowest BCUT2D eigenvalue weighted by molar-refractivity contribution is 0.0942. The Morgan fingerprint density at radius 3 is 3.00 bits per heavy atom. The number of carbonyl (C=O) groups excluding carboxylic acids is 1. The standard InChI is InChI=1S/C15H24N4O/c1-3-19-8-4-5-12(19)10-17-15(20)13-9-11(2)6-7-14(13)18-16/h6-7,9,12,18H,3-5,8,10,16H2,1-2H3,(H,17,20). The maximum atomic E-state index is 12.3. The van der Waals surface area contributed by atoms with Gasteiger partial charge < -0.3 is 10.7 Å². The number of amides is 1. The van der Waals surface area contributed by atoms with Crippen LogP contribution in [-0.2, 0) is 0 Å². The number of carbonyl (C=O) groups is 1. The van der Waals surface area contributed by atoms with Crippen LogP contribution in [0.3, 0.4) is 0 Å². The SMILES string of the molecule is CCN1CCCC1CNC(=O)c1cc(C)ccc1NN. The third-order valence-corrected chi connectivity index (χ3v) is 3.98. The van der Waals surface area contributed by atoms with Gasteiger partial charge in [-0.05, 0) is 45.0 Å². The lowest BCUT2D eigenvalue weighted by Crippen LogP contribution is -2.40. The fraction of sp³-hybridized carbons (Fsp3) is 0.533. The number of nitrogens with one attached hydrogen (secondary N) is 2. The highest BCUT2D eigenvalue weighted by Crippen LogP contribution is 2.18. The molecular weight excluding hydrogens is 252 g/mol. The minimum Gasteiger partial charge on any atom is -0.350 e. The molecule has 2 rings (SSSR count). The molecule has 0 saturated carbocycles. The van der Waals surface area contributed by atoms with Gasteiger partial charge in [0.2, 0.25) is 0 Å². The zero-order chi connectivity index (χ0) is 14.5. The molecule has 1 aliphatic heterocycles. The van der Waals surface area contributed by atoms with E-state index in [2.05, 4.69) is 22.6 Å². The average Bonchev–Trinajstić information content (AvgIpc) is 2.92. The van der Waals surface area contributed by atoms with Crippen molar-refractivity contribution in [1.82, 2.24) is 10.2 Å². The van der Waals surface area contributed by atoms with E-state index < -0.39 is 0 Å². The predicted molar refractivity (Wildman–Crippen MR) is 81.6 cm³/mol. The third kappa shape index (κ3) is 3.29. The first-order chi connectivity index (χ1) is 9.65. The number of benzene rings is 1. The summed E-state index contributed by atoms with van der Waals surface area (Å²) in [5.41, 5.74) is 4.89. The van der Waals surface area contributed by atoms with E-state index in [0.29, 0.717) is 23.8 Å². The Bertz CT molecular complexity index is 475. The van der Waals surface area contributed by atoms with E-state index in [1.807, 2.05) is 25.1 Å². The van der Waals surface area contributed by atoms with Gasteiger partial charge in [0.1, 0.15) is 0 Å². The van der Waals surface area contributed by atoms with Gasteiger partial charge in [-0.15, -0.1) is 0 Å². The zero-order valence-electron chi connectivity index (χ0n) is 12.3. The van der Waals surface area contributed by atoms with Gasteiger partial charge in [-0.1, -0.05) is 18.6 Å². The molecule has 1 unspecified atom stereocenters. The molecule has 5 heteroatoms. The van der Waals surface area contributed by atoms with Crippen LogP contribution < -0.4 is 16.6 Å². The number of hydrogen-bond donors (Lipinski definition) is 3. The summed E-state index contributed by atoms with van der Waals surface area (Å²) in [7, 11) is 0. The van der Waals surface area contributed by atoms with Crippen LogP contribution in [0.2, 0.25) is 0 Å². The molecule has 5 nitrogen and oxygen atoms in total. The lowest BCUT2D eigenvalue weighted by atomic mass is 10.1. The van der Waals surface area contributed by atoms with Crippen LogP contribution in [0, 0.1) is 6.92 Å². The molecule has 1 atom stereocenters. The number of hydrogen-bond acceptors (Lipinski definition) is 4. The first kappa shape index (κ1) is 14.8. The minimum atomic E-state index is -0.0652. The molecule has 0 aliphatic carbocycles. The Morgan fingerprint density at radius 1 is 1.50 bits per heavy atom. The van der Waals surface area contributed by atoms with E-state index in [0.717, 1.165) is 25.1 Å². The van der Waals surface area contributed by atoms with Gasteiger partial charge >= 0.3 is 0 Å². The molecule has 0 spiro atoms. The van der Waals surface area contributed by atoms with E-state index in [4.69, 9.17) is 5.84 Å². The predicted octanol–water partition coefficient (Wildman–Crippen LogP) is 1.49. The monoisotopic (exact) mass is 276 g/mol. The van der Waals surface area contributed by atoms with Crippen molar-refractivity contribution in [1.29, 1.82) is 0 Å². The molecule has 1 saturated heterocycles. The Morgan fingerprint density at radius 2 is 2.30 bits per heavy atom. The summed E-state index contributed by atoms with van der Waals surface area (Å²) in [6, 6.07) is 6.08. The van der Waals surface area contributed by atoms with Gasteiger partial charge in [-0.25, -0.2) is 0 Å². The second kappa shape index (κ2) is 6.72. The molecular formula is C15H24N4O. The normalized spacial score (nSPS) is 19.1. The first-order valence-electron chi connectivity index (χ1n) is 7.25. The van der Waals surface area contributed by atoms with Gasteiger partial charge in [-0.2, -0.15) is 0 Å². The van der Waals surface area contributed by atoms with Crippen LogP contribution in [0.5, 0.6) is 0 Å². The Kier molecular flexibility index (Phi) is 4.98. The number of nitrogens with two attached hydrogens (primary N) is 1. The van der Waals surface area contributed by atoms with Gasteiger partial charge in [-0.3, -0.25) is 15.5 Å². The van der Waals surface area contributed by atoms with E-state index in [9.17, 15) is 4.79 Å². The molecule has 1 fully saturated rings. The van der Waals surface area contributed by atoms with Gasteiger partial charge in [0.25, 0.3) is 5.91 Å². The molecule has 0 radical (unpaired) electrons. The summed E-state index contributed by atoms with van der Waals surface area (Å²) in [4.78, 5) is 14.7. The molecule has 1 heterocycles. The van der Waals surface area contributed by atoms with Crippen LogP contribution >= 0.6 is 0 Å². The van der Waals surface area contributed by atoms with Gasteiger partial charge in [0, 0.05) is 12.6 Å². The van der Waals surface area contributed by atoms with Crippen LogP contribution in [0.1, 0.15) is 35.7 Å². The van der Waals surface area contributed by atoms with Crippen LogP contribution in [0.15, 0.2) is 18.2 Å². The van der Waals surface area contributed by atoms with E-state index in [1.165, 1.54) is 6.42 Å². The minimum absolute atomic E-state index is 0.0652. The number of rotatable bonds is 5. The summed E-state index contributed by atoms with van der Waals surface area (Å²) < 4.78 is 0. The van der Waals surface area contributed by atoms with Crippen molar-refractivity contribution in [3.8, 4) is 0 Å². The number of likely N-dealkylation sites (tertiary alicyclic amines) is 1. The Labute approximate surface area is 120 Å². The number of likely N-dealkylation sites (N-methyl/N-ethyl adjacent to an activating group) is 1.